The Balaban J connectivity index is 2.03. The molecule has 0 atom stereocenters. The van der Waals surface area contributed by atoms with E-state index in [2.05, 4.69) is 24.1 Å². The second kappa shape index (κ2) is 4.99. The van der Waals surface area contributed by atoms with E-state index in [1.807, 2.05) is 0 Å². The van der Waals surface area contributed by atoms with Gasteiger partial charge in [0.2, 0.25) is 0 Å². The van der Waals surface area contributed by atoms with Crippen LogP contribution >= 0.6 is 0 Å². The van der Waals surface area contributed by atoms with Gasteiger partial charge in [0, 0.05) is 12.1 Å². The van der Waals surface area contributed by atoms with E-state index in [9.17, 15) is 4.79 Å². The highest BCUT2D eigenvalue weighted by molar-refractivity contribution is 5.96. The third kappa shape index (κ3) is 2.84. The molecule has 90 valence electrons. The maximum absolute atomic E-state index is 11.8. The molecular weight excluding hydrogens is 216 g/mol. The van der Waals surface area contributed by atoms with Gasteiger partial charge in [0.15, 0.2) is 12.0 Å². The monoisotopic (exact) mass is 232 g/mol. The molecule has 0 saturated carbocycles. The van der Waals surface area contributed by atoms with E-state index in [4.69, 9.17) is 4.42 Å². The van der Waals surface area contributed by atoms with Crippen LogP contribution in [0.25, 0.3) is 11.1 Å². The third-order valence-corrected chi connectivity index (χ3v) is 2.60. The first-order valence-electron chi connectivity index (χ1n) is 5.78. The summed E-state index contributed by atoms with van der Waals surface area (Å²) in [5.41, 5.74) is 2.03. The molecule has 0 bridgehead atoms. The molecule has 0 aliphatic carbocycles. The zero-order valence-corrected chi connectivity index (χ0v) is 10.1. The molecule has 1 heterocycles. The fraction of sp³-hybridized carbons (Fsp3) is 0.385. The molecule has 0 spiro atoms. The van der Waals surface area contributed by atoms with Crippen LogP contribution in [0.2, 0.25) is 0 Å². The van der Waals surface area contributed by atoms with Gasteiger partial charge in [-0.05, 0) is 30.5 Å². The minimum absolute atomic E-state index is 0.0597. The topological polar surface area (TPSA) is 55.1 Å². The lowest BCUT2D eigenvalue weighted by molar-refractivity contribution is 0.0952. The van der Waals surface area contributed by atoms with Gasteiger partial charge in [-0.25, -0.2) is 4.98 Å². The number of amides is 1. The summed E-state index contributed by atoms with van der Waals surface area (Å²) in [6.07, 6.45) is 2.36. The van der Waals surface area contributed by atoms with Crippen LogP contribution in [0.4, 0.5) is 0 Å². The van der Waals surface area contributed by atoms with Crippen LogP contribution in [-0.4, -0.2) is 17.4 Å². The second-order valence-electron chi connectivity index (χ2n) is 4.47. The van der Waals surface area contributed by atoms with Crippen molar-refractivity contribution >= 4 is 17.0 Å². The lowest BCUT2D eigenvalue weighted by atomic mass is 10.1. The molecule has 1 N–H and O–H groups in total. The van der Waals surface area contributed by atoms with E-state index in [1.54, 1.807) is 18.2 Å². The number of benzene rings is 1. The van der Waals surface area contributed by atoms with Gasteiger partial charge < -0.3 is 9.73 Å². The standard InChI is InChI=1S/C13H16N2O2/c1-9(2)5-6-14-13(16)10-3-4-12-11(7-10)15-8-17-12/h3-4,7-9H,5-6H2,1-2H3,(H,14,16). The number of aromatic nitrogens is 1. The Labute approximate surface area is 100 Å². The Hall–Kier alpha value is -1.84. The first-order chi connectivity index (χ1) is 8.16. The molecule has 1 amide bonds. The van der Waals surface area contributed by atoms with Crippen LogP contribution in [0.3, 0.4) is 0 Å². The number of oxazole rings is 1. The van der Waals surface area contributed by atoms with E-state index < -0.39 is 0 Å². The number of hydrogen-bond acceptors (Lipinski definition) is 3. The first-order valence-corrected chi connectivity index (χ1v) is 5.78. The molecule has 1 aromatic carbocycles. The summed E-state index contributed by atoms with van der Waals surface area (Å²) >= 11 is 0. The van der Waals surface area contributed by atoms with E-state index in [1.165, 1.54) is 6.39 Å². The fourth-order valence-corrected chi connectivity index (χ4v) is 1.58. The Morgan fingerprint density at radius 2 is 2.29 bits per heavy atom. The maximum atomic E-state index is 11.8. The average molecular weight is 232 g/mol. The van der Waals surface area contributed by atoms with Crippen molar-refractivity contribution < 1.29 is 9.21 Å². The number of carbonyl (C=O) groups is 1. The van der Waals surface area contributed by atoms with Gasteiger partial charge in [-0.1, -0.05) is 13.8 Å². The molecule has 4 heteroatoms. The van der Waals surface area contributed by atoms with Crippen molar-refractivity contribution in [3.8, 4) is 0 Å². The fourth-order valence-electron chi connectivity index (χ4n) is 1.58. The van der Waals surface area contributed by atoms with Crippen LogP contribution in [0.15, 0.2) is 29.0 Å². The summed E-state index contributed by atoms with van der Waals surface area (Å²) in [6.45, 7) is 4.97. The van der Waals surface area contributed by atoms with Crippen molar-refractivity contribution in [1.29, 1.82) is 0 Å². The van der Waals surface area contributed by atoms with Crippen molar-refractivity contribution in [2.45, 2.75) is 20.3 Å². The maximum Gasteiger partial charge on any atom is 0.251 e. The minimum atomic E-state index is -0.0597. The molecule has 2 aromatic rings. The van der Waals surface area contributed by atoms with E-state index in [-0.39, 0.29) is 5.91 Å². The van der Waals surface area contributed by atoms with Crippen LogP contribution in [0, 0.1) is 5.92 Å². The van der Waals surface area contributed by atoms with E-state index >= 15 is 0 Å². The number of nitrogens with zero attached hydrogens (tertiary/aromatic N) is 1. The van der Waals surface area contributed by atoms with Gasteiger partial charge in [-0.2, -0.15) is 0 Å². The lowest BCUT2D eigenvalue weighted by Gasteiger charge is -2.06. The molecule has 0 radical (unpaired) electrons. The highest BCUT2D eigenvalue weighted by Crippen LogP contribution is 2.14. The summed E-state index contributed by atoms with van der Waals surface area (Å²) in [4.78, 5) is 15.8. The number of hydrogen-bond donors (Lipinski definition) is 1. The van der Waals surface area contributed by atoms with Crippen LogP contribution in [-0.2, 0) is 0 Å². The number of fused-ring (bicyclic) bond motifs is 1. The summed E-state index contributed by atoms with van der Waals surface area (Å²) < 4.78 is 5.12. The van der Waals surface area contributed by atoms with Gasteiger partial charge in [-0.3, -0.25) is 4.79 Å². The number of rotatable bonds is 4. The Morgan fingerprint density at radius 1 is 1.47 bits per heavy atom. The zero-order valence-electron chi connectivity index (χ0n) is 10.1. The van der Waals surface area contributed by atoms with E-state index in [0.717, 1.165) is 6.42 Å². The smallest absolute Gasteiger partial charge is 0.251 e. The lowest BCUT2D eigenvalue weighted by Crippen LogP contribution is -2.25. The molecule has 0 fully saturated rings. The summed E-state index contributed by atoms with van der Waals surface area (Å²) in [5, 5.41) is 2.89. The van der Waals surface area contributed by atoms with E-state index in [0.29, 0.717) is 29.1 Å². The van der Waals surface area contributed by atoms with Crippen molar-refractivity contribution in [3.05, 3.63) is 30.2 Å². The zero-order chi connectivity index (χ0) is 12.3. The molecule has 0 aliphatic rings. The highest BCUT2D eigenvalue weighted by Gasteiger charge is 2.07. The number of nitrogens with one attached hydrogen (secondary N) is 1. The average Bonchev–Trinajstić information content (AvgIpc) is 2.75. The molecule has 0 unspecified atom stereocenters. The summed E-state index contributed by atoms with van der Waals surface area (Å²) in [6, 6.07) is 5.25. The number of carbonyl (C=O) groups excluding carboxylic acids is 1. The van der Waals surface area contributed by atoms with Gasteiger partial charge in [0.25, 0.3) is 5.91 Å². The summed E-state index contributed by atoms with van der Waals surface area (Å²) in [5.74, 6) is 0.531. The summed E-state index contributed by atoms with van der Waals surface area (Å²) in [7, 11) is 0. The van der Waals surface area contributed by atoms with Gasteiger partial charge in [-0.15, -0.1) is 0 Å². The predicted octanol–water partition coefficient (Wildman–Crippen LogP) is 2.60. The van der Waals surface area contributed by atoms with Crippen LogP contribution in [0.5, 0.6) is 0 Å². The van der Waals surface area contributed by atoms with Gasteiger partial charge in [0.1, 0.15) is 5.52 Å². The van der Waals surface area contributed by atoms with Crippen LogP contribution in [0.1, 0.15) is 30.6 Å². The van der Waals surface area contributed by atoms with Crippen molar-refractivity contribution in [1.82, 2.24) is 10.3 Å². The molecule has 4 nitrogen and oxygen atoms in total. The Kier molecular flexibility index (Phi) is 3.42. The van der Waals surface area contributed by atoms with Crippen molar-refractivity contribution in [3.63, 3.8) is 0 Å². The van der Waals surface area contributed by atoms with Gasteiger partial charge >= 0.3 is 0 Å². The molecular formula is C13H16N2O2. The molecule has 2 rings (SSSR count). The highest BCUT2D eigenvalue weighted by atomic mass is 16.3. The van der Waals surface area contributed by atoms with Crippen molar-refractivity contribution in [2.75, 3.05) is 6.54 Å². The molecule has 1 aromatic heterocycles. The predicted molar refractivity (Wildman–Crippen MR) is 65.8 cm³/mol. The Morgan fingerprint density at radius 3 is 3.06 bits per heavy atom. The molecule has 0 saturated heterocycles. The largest absolute Gasteiger partial charge is 0.443 e. The van der Waals surface area contributed by atoms with Crippen molar-refractivity contribution in [2.24, 2.45) is 5.92 Å². The molecule has 17 heavy (non-hydrogen) atoms. The normalized spacial score (nSPS) is 11.0. The quantitative estimate of drug-likeness (QED) is 0.881. The van der Waals surface area contributed by atoms with Gasteiger partial charge in [0.05, 0.1) is 0 Å². The van der Waals surface area contributed by atoms with Crippen LogP contribution < -0.4 is 5.32 Å². The Bertz CT molecular complexity index is 517. The molecule has 0 aliphatic heterocycles. The minimum Gasteiger partial charge on any atom is -0.443 e. The second-order valence-corrected chi connectivity index (χ2v) is 4.47. The first kappa shape index (κ1) is 11.6. The SMILES string of the molecule is CC(C)CCNC(=O)c1ccc2ocnc2c1. The third-order valence-electron chi connectivity index (χ3n) is 2.60.